The standard InChI is InChI=1S/C19H24ClNO2/c1-19(2,3)21-12-15-10-16(20)18(17(11-15)22-4)23-13-14-8-6-5-7-9-14/h5-11,21H,12-13H2,1-4H3. The molecule has 2 aromatic carbocycles. The number of hydrogen-bond donors (Lipinski definition) is 1. The Balaban J connectivity index is 2.13. The number of halogens is 1. The molecule has 2 aromatic rings. The Morgan fingerprint density at radius 3 is 2.35 bits per heavy atom. The molecule has 23 heavy (non-hydrogen) atoms. The van der Waals surface area contributed by atoms with Crippen molar-refractivity contribution in [1.29, 1.82) is 0 Å². The summed E-state index contributed by atoms with van der Waals surface area (Å²) in [7, 11) is 1.63. The highest BCUT2D eigenvalue weighted by Gasteiger charge is 2.14. The number of benzene rings is 2. The van der Waals surface area contributed by atoms with E-state index in [-0.39, 0.29) is 5.54 Å². The monoisotopic (exact) mass is 333 g/mol. The zero-order valence-electron chi connectivity index (χ0n) is 14.2. The van der Waals surface area contributed by atoms with Gasteiger partial charge >= 0.3 is 0 Å². The van der Waals surface area contributed by atoms with E-state index in [1.807, 2.05) is 42.5 Å². The lowest BCUT2D eigenvalue weighted by Gasteiger charge is -2.21. The van der Waals surface area contributed by atoms with Gasteiger partial charge in [-0.25, -0.2) is 0 Å². The first-order valence-corrected chi connectivity index (χ1v) is 8.05. The Morgan fingerprint density at radius 2 is 1.74 bits per heavy atom. The van der Waals surface area contributed by atoms with Crippen molar-refractivity contribution in [2.75, 3.05) is 7.11 Å². The third-order valence-electron chi connectivity index (χ3n) is 3.34. The molecule has 0 unspecified atom stereocenters. The minimum atomic E-state index is 0.0438. The molecule has 0 atom stereocenters. The molecule has 0 saturated heterocycles. The van der Waals surface area contributed by atoms with Crippen LogP contribution in [0.5, 0.6) is 11.5 Å². The molecule has 0 radical (unpaired) electrons. The minimum Gasteiger partial charge on any atom is -0.493 e. The van der Waals surface area contributed by atoms with Crippen LogP contribution >= 0.6 is 11.6 Å². The Hall–Kier alpha value is -1.71. The first kappa shape index (κ1) is 17.6. The summed E-state index contributed by atoms with van der Waals surface area (Å²) < 4.78 is 11.3. The summed E-state index contributed by atoms with van der Waals surface area (Å²) >= 11 is 6.40. The van der Waals surface area contributed by atoms with Gasteiger partial charge in [0.25, 0.3) is 0 Å². The van der Waals surface area contributed by atoms with Gasteiger partial charge in [0.2, 0.25) is 0 Å². The van der Waals surface area contributed by atoms with Gasteiger partial charge in [-0.2, -0.15) is 0 Å². The van der Waals surface area contributed by atoms with E-state index in [1.165, 1.54) is 0 Å². The van der Waals surface area contributed by atoms with Crippen LogP contribution in [-0.4, -0.2) is 12.6 Å². The Morgan fingerprint density at radius 1 is 1.04 bits per heavy atom. The van der Waals surface area contributed by atoms with Crippen LogP contribution < -0.4 is 14.8 Å². The fourth-order valence-corrected chi connectivity index (χ4v) is 2.40. The summed E-state index contributed by atoms with van der Waals surface area (Å²) in [4.78, 5) is 0. The summed E-state index contributed by atoms with van der Waals surface area (Å²) in [6, 6.07) is 13.9. The number of methoxy groups -OCH3 is 1. The number of hydrogen-bond acceptors (Lipinski definition) is 3. The highest BCUT2D eigenvalue weighted by atomic mass is 35.5. The van der Waals surface area contributed by atoms with Gasteiger partial charge in [-0.1, -0.05) is 41.9 Å². The lowest BCUT2D eigenvalue weighted by Crippen LogP contribution is -2.35. The Bertz CT molecular complexity index is 636. The van der Waals surface area contributed by atoms with Crippen molar-refractivity contribution in [3.63, 3.8) is 0 Å². The van der Waals surface area contributed by atoms with Gasteiger partial charge in [0, 0.05) is 12.1 Å². The SMILES string of the molecule is COc1cc(CNC(C)(C)C)cc(Cl)c1OCc1ccccc1. The Kier molecular flexibility index (Phi) is 5.91. The molecule has 0 fully saturated rings. The van der Waals surface area contributed by atoms with Crippen LogP contribution in [0.2, 0.25) is 5.02 Å². The average molecular weight is 334 g/mol. The van der Waals surface area contributed by atoms with Crippen molar-refractivity contribution in [3.8, 4) is 11.5 Å². The maximum absolute atomic E-state index is 6.40. The van der Waals surface area contributed by atoms with E-state index >= 15 is 0 Å². The maximum Gasteiger partial charge on any atom is 0.180 e. The average Bonchev–Trinajstić information content (AvgIpc) is 2.51. The molecule has 124 valence electrons. The van der Waals surface area contributed by atoms with Gasteiger partial charge in [-0.15, -0.1) is 0 Å². The molecule has 4 heteroatoms. The van der Waals surface area contributed by atoms with Crippen LogP contribution in [0.4, 0.5) is 0 Å². The molecule has 0 heterocycles. The first-order valence-electron chi connectivity index (χ1n) is 7.67. The molecule has 0 aliphatic carbocycles. The van der Waals surface area contributed by atoms with Gasteiger partial charge in [0.05, 0.1) is 12.1 Å². The van der Waals surface area contributed by atoms with Gasteiger partial charge < -0.3 is 14.8 Å². The summed E-state index contributed by atoms with van der Waals surface area (Å²) in [5.41, 5.74) is 2.19. The van der Waals surface area contributed by atoms with Crippen molar-refractivity contribution < 1.29 is 9.47 Å². The lowest BCUT2D eigenvalue weighted by molar-refractivity contribution is 0.284. The molecular weight excluding hydrogens is 310 g/mol. The molecular formula is C19H24ClNO2. The Labute approximate surface area is 143 Å². The molecule has 3 nitrogen and oxygen atoms in total. The third kappa shape index (κ3) is 5.45. The summed E-state index contributed by atoms with van der Waals surface area (Å²) in [6.45, 7) is 7.56. The second-order valence-corrected chi connectivity index (χ2v) is 6.89. The lowest BCUT2D eigenvalue weighted by atomic mass is 10.1. The van der Waals surface area contributed by atoms with E-state index in [2.05, 4.69) is 26.1 Å². The summed E-state index contributed by atoms with van der Waals surface area (Å²) in [6.07, 6.45) is 0. The topological polar surface area (TPSA) is 30.5 Å². The molecule has 0 saturated carbocycles. The predicted molar refractivity (Wildman–Crippen MR) is 95.4 cm³/mol. The largest absolute Gasteiger partial charge is 0.493 e. The predicted octanol–water partition coefficient (Wildman–Crippen LogP) is 4.82. The molecule has 0 aliphatic heterocycles. The van der Waals surface area contributed by atoms with Gasteiger partial charge in [0.1, 0.15) is 6.61 Å². The van der Waals surface area contributed by atoms with E-state index < -0.39 is 0 Å². The van der Waals surface area contributed by atoms with Gasteiger partial charge in [0.15, 0.2) is 11.5 Å². The molecule has 0 aromatic heterocycles. The first-order chi connectivity index (χ1) is 10.9. The molecule has 0 aliphatic rings. The van der Waals surface area contributed by atoms with Crippen LogP contribution in [0, 0.1) is 0 Å². The fourth-order valence-electron chi connectivity index (χ4n) is 2.11. The maximum atomic E-state index is 6.40. The van der Waals surface area contributed by atoms with E-state index in [0.717, 1.165) is 17.7 Å². The molecule has 1 N–H and O–H groups in total. The minimum absolute atomic E-state index is 0.0438. The highest BCUT2D eigenvalue weighted by Crippen LogP contribution is 2.37. The summed E-state index contributed by atoms with van der Waals surface area (Å²) in [5.74, 6) is 1.23. The zero-order valence-corrected chi connectivity index (χ0v) is 14.9. The van der Waals surface area contributed by atoms with Gasteiger partial charge in [-0.05, 0) is 44.0 Å². The molecule has 0 amide bonds. The van der Waals surface area contributed by atoms with Crippen molar-refractivity contribution in [1.82, 2.24) is 5.32 Å². The second-order valence-electron chi connectivity index (χ2n) is 6.49. The van der Waals surface area contributed by atoms with E-state index in [4.69, 9.17) is 21.1 Å². The highest BCUT2D eigenvalue weighted by molar-refractivity contribution is 6.32. The molecule has 2 rings (SSSR count). The van der Waals surface area contributed by atoms with Crippen molar-refractivity contribution in [3.05, 3.63) is 58.6 Å². The van der Waals surface area contributed by atoms with Crippen molar-refractivity contribution >= 4 is 11.6 Å². The quantitative estimate of drug-likeness (QED) is 0.822. The van der Waals surface area contributed by atoms with E-state index in [1.54, 1.807) is 7.11 Å². The van der Waals surface area contributed by atoms with Gasteiger partial charge in [-0.3, -0.25) is 0 Å². The zero-order chi connectivity index (χ0) is 16.9. The second kappa shape index (κ2) is 7.71. The third-order valence-corrected chi connectivity index (χ3v) is 3.62. The van der Waals surface area contributed by atoms with Crippen molar-refractivity contribution in [2.24, 2.45) is 0 Å². The molecule has 0 bridgehead atoms. The van der Waals surface area contributed by atoms with Crippen LogP contribution in [0.25, 0.3) is 0 Å². The van der Waals surface area contributed by atoms with Crippen LogP contribution in [0.1, 0.15) is 31.9 Å². The summed E-state index contributed by atoms with van der Waals surface area (Å²) in [5, 5.41) is 4.00. The number of rotatable bonds is 6. The molecule has 0 spiro atoms. The van der Waals surface area contributed by atoms with E-state index in [0.29, 0.717) is 23.1 Å². The van der Waals surface area contributed by atoms with E-state index in [9.17, 15) is 0 Å². The van der Waals surface area contributed by atoms with Crippen molar-refractivity contribution in [2.45, 2.75) is 39.5 Å². The number of ether oxygens (including phenoxy) is 2. The van der Waals surface area contributed by atoms with Crippen LogP contribution in [0.3, 0.4) is 0 Å². The number of nitrogens with one attached hydrogen (secondary N) is 1. The van der Waals surface area contributed by atoms with Crippen LogP contribution in [0.15, 0.2) is 42.5 Å². The normalized spacial score (nSPS) is 11.3. The fraction of sp³-hybridized carbons (Fsp3) is 0.368. The van der Waals surface area contributed by atoms with Crippen LogP contribution in [-0.2, 0) is 13.2 Å². The smallest absolute Gasteiger partial charge is 0.180 e.